The SMILES string of the molecule is CCNc1cccc(CN(CC)c2ccccc2F)n1. The van der Waals surface area contributed by atoms with E-state index in [0.717, 1.165) is 24.6 Å². The molecule has 1 heterocycles. The smallest absolute Gasteiger partial charge is 0.146 e. The lowest BCUT2D eigenvalue weighted by Crippen LogP contribution is -2.23. The van der Waals surface area contributed by atoms with E-state index in [1.54, 1.807) is 12.1 Å². The van der Waals surface area contributed by atoms with Gasteiger partial charge in [0.2, 0.25) is 0 Å². The van der Waals surface area contributed by atoms with Crippen molar-refractivity contribution < 1.29 is 4.39 Å². The number of benzene rings is 1. The Balaban J connectivity index is 2.18. The minimum atomic E-state index is -0.197. The highest BCUT2D eigenvalue weighted by atomic mass is 19.1. The molecule has 0 aliphatic heterocycles. The van der Waals surface area contributed by atoms with Gasteiger partial charge in [-0.15, -0.1) is 0 Å². The molecular formula is C16H20FN3. The number of pyridine rings is 1. The van der Waals surface area contributed by atoms with Crippen molar-refractivity contribution in [1.29, 1.82) is 0 Å². The maximum absolute atomic E-state index is 13.9. The normalized spacial score (nSPS) is 10.3. The van der Waals surface area contributed by atoms with Crippen molar-refractivity contribution in [2.75, 3.05) is 23.3 Å². The summed E-state index contributed by atoms with van der Waals surface area (Å²) in [6, 6.07) is 12.7. The van der Waals surface area contributed by atoms with Crippen LogP contribution in [-0.4, -0.2) is 18.1 Å². The molecule has 2 aromatic rings. The molecule has 0 amide bonds. The van der Waals surface area contributed by atoms with E-state index in [-0.39, 0.29) is 5.82 Å². The summed E-state index contributed by atoms with van der Waals surface area (Å²) in [7, 11) is 0. The van der Waals surface area contributed by atoms with Gasteiger partial charge in [-0.25, -0.2) is 9.37 Å². The number of anilines is 2. The zero-order valence-corrected chi connectivity index (χ0v) is 11.9. The molecule has 106 valence electrons. The van der Waals surface area contributed by atoms with E-state index < -0.39 is 0 Å². The number of para-hydroxylation sites is 1. The first-order valence-electron chi connectivity index (χ1n) is 6.93. The third kappa shape index (κ3) is 3.47. The van der Waals surface area contributed by atoms with E-state index in [1.807, 2.05) is 43.0 Å². The van der Waals surface area contributed by atoms with Gasteiger partial charge in [-0.2, -0.15) is 0 Å². The predicted molar refractivity (Wildman–Crippen MR) is 81.5 cm³/mol. The molecule has 1 aromatic heterocycles. The fourth-order valence-electron chi connectivity index (χ4n) is 2.12. The van der Waals surface area contributed by atoms with Crippen molar-refractivity contribution in [2.24, 2.45) is 0 Å². The second-order valence-electron chi connectivity index (χ2n) is 4.51. The van der Waals surface area contributed by atoms with E-state index in [4.69, 9.17) is 0 Å². The Kier molecular flexibility index (Phi) is 4.93. The van der Waals surface area contributed by atoms with Gasteiger partial charge in [0.25, 0.3) is 0 Å². The molecule has 3 nitrogen and oxygen atoms in total. The summed E-state index contributed by atoms with van der Waals surface area (Å²) < 4.78 is 13.9. The fraction of sp³-hybridized carbons (Fsp3) is 0.312. The van der Waals surface area contributed by atoms with Crippen LogP contribution in [-0.2, 0) is 6.54 Å². The molecule has 0 saturated heterocycles. The highest BCUT2D eigenvalue weighted by Gasteiger charge is 2.10. The summed E-state index contributed by atoms with van der Waals surface area (Å²) in [5, 5.41) is 3.19. The molecule has 0 spiro atoms. The molecular weight excluding hydrogens is 253 g/mol. The molecule has 0 aliphatic carbocycles. The first-order chi connectivity index (χ1) is 9.74. The average Bonchev–Trinajstić information content (AvgIpc) is 2.46. The number of nitrogens with zero attached hydrogens (tertiary/aromatic N) is 2. The lowest BCUT2D eigenvalue weighted by molar-refractivity contribution is 0.617. The molecule has 1 N–H and O–H groups in total. The van der Waals surface area contributed by atoms with E-state index in [1.165, 1.54) is 6.07 Å². The first kappa shape index (κ1) is 14.3. The van der Waals surface area contributed by atoms with Crippen molar-refractivity contribution in [2.45, 2.75) is 20.4 Å². The summed E-state index contributed by atoms with van der Waals surface area (Å²) in [6.45, 7) is 6.21. The Morgan fingerprint density at radius 1 is 1.10 bits per heavy atom. The largest absolute Gasteiger partial charge is 0.370 e. The average molecular weight is 273 g/mol. The van der Waals surface area contributed by atoms with Crippen LogP contribution >= 0.6 is 0 Å². The quantitative estimate of drug-likeness (QED) is 0.870. The lowest BCUT2D eigenvalue weighted by atomic mass is 10.2. The minimum absolute atomic E-state index is 0.197. The topological polar surface area (TPSA) is 28.2 Å². The van der Waals surface area contributed by atoms with Crippen LogP contribution in [0.2, 0.25) is 0 Å². The van der Waals surface area contributed by atoms with E-state index in [9.17, 15) is 4.39 Å². The van der Waals surface area contributed by atoms with Gasteiger partial charge < -0.3 is 10.2 Å². The number of halogens is 1. The van der Waals surface area contributed by atoms with Crippen molar-refractivity contribution in [3.05, 3.63) is 54.0 Å². The zero-order chi connectivity index (χ0) is 14.4. The van der Waals surface area contributed by atoms with Crippen LogP contribution < -0.4 is 10.2 Å². The van der Waals surface area contributed by atoms with Crippen LogP contribution in [0.3, 0.4) is 0 Å². The van der Waals surface area contributed by atoms with Crippen LogP contribution in [0.15, 0.2) is 42.5 Å². The molecule has 2 rings (SSSR count). The number of aromatic nitrogens is 1. The minimum Gasteiger partial charge on any atom is -0.370 e. The summed E-state index contributed by atoms with van der Waals surface area (Å²) >= 11 is 0. The van der Waals surface area contributed by atoms with Crippen molar-refractivity contribution >= 4 is 11.5 Å². The van der Waals surface area contributed by atoms with Gasteiger partial charge in [-0.05, 0) is 38.1 Å². The van der Waals surface area contributed by atoms with Crippen LogP contribution in [0.5, 0.6) is 0 Å². The molecule has 0 saturated carbocycles. The summed E-state index contributed by atoms with van der Waals surface area (Å²) in [4.78, 5) is 6.51. The molecule has 0 atom stereocenters. The number of nitrogens with one attached hydrogen (secondary N) is 1. The van der Waals surface area contributed by atoms with Gasteiger partial charge >= 0.3 is 0 Å². The molecule has 0 unspecified atom stereocenters. The Morgan fingerprint density at radius 3 is 2.60 bits per heavy atom. The Hall–Kier alpha value is -2.10. The van der Waals surface area contributed by atoms with Gasteiger partial charge in [0.1, 0.15) is 11.6 Å². The maximum atomic E-state index is 13.9. The van der Waals surface area contributed by atoms with Crippen LogP contribution in [0.4, 0.5) is 15.9 Å². The summed E-state index contributed by atoms with van der Waals surface area (Å²) in [5.74, 6) is 0.659. The predicted octanol–water partition coefficient (Wildman–Crippen LogP) is 3.68. The Morgan fingerprint density at radius 2 is 1.90 bits per heavy atom. The Labute approximate surface area is 119 Å². The molecule has 0 radical (unpaired) electrons. The highest BCUT2D eigenvalue weighted by Crippen LogP contribution is 2.20. The maximum Gasteiger partial charge on any atom is 0.146 e. The zero-order valence-electron chi connectivity index (χ0n) is 11.9. The van der Waals surface area contributed by atoms with Gasteiger partial charge in [0.05, 0.1) is 17.9 Å². The van der Waals surface area contributed by atoms with Crippen molar-refractivity contribution in [3.8, 4) is 0 Å². The highest BCUT2D eigenvalue weighted by molar-refractivity contribution is 5.48. The van der Waals surface area contributed by atoms with Crippen molar-refractivity contribution in [3.63, 3.8) is 0 Å². The number of hydrogen-bond donors (Lipinski definition) is 1. The first-order valence-corrected chi connectivity index (χ1v) is 6.93. The fourth-order valence-corrected chi connectivity index (χ4v) is 2.12. The van der Waals surface area contributed by atoms with E-state index in [0.29, 0.717) is 12.2 Å². The lowest BCUT2D eigenvalue weighted by Gasteiger charge is -2.23. The molecule has 4 heteroatoms. The third-order valence-electron chi connectivity index (χ3n) is 3.09. The van der Waals surface area contributed by atoms with Crippen LogP contribution in [0.1, 0.15) is 19.5 Å². The second kappa shape index (κ2) is 6.89. The Bertz CT molecular complexity index is 557. The van der Waals surface area contributed by atoms with Gasteiger partial charge in [-0.1, -0.05) is 18.2 Å². The standard InChI is InChI=1S/C16H20FN3/c1-3-18-16-11-7-8-13(19-16)12-20(4-2)15-10-6-5-9-14(15)17/h5-11H,3-4,12H2,1-2H3,(H,18,19). The molecule has 1 aromatic carbocycles. The van der Waals surface area contributed by atoms with Gasteiger partial charge in [-0.3, -0.25) is 0 Å². The molecule has 0 aliphatic rings. The van der Waals surface area contributed by atoms with Crippen LogP contribution in [0, 0.1) is 5.82 Å². The second-order valence-corrected chi connectivity index (χ2v) is 4.51. The summed E-state index contributed by atoms with van der Waals surface area (Å²) in [6.07, 6.45) is 0. The van der Waals surface area contributed by atoms with Crippen LogP contribution in [0.25, 0.3) is 0 Å². The van der Waals surface area contributed by atoms with E-state index in [2.05, 4.69) is 10.3 Å². The molecule has 20 heavy (non-hydrogen) atoms. The third-order valence-corrected chi connectivity index (χ3v) is 3.09. The number of rotatable bonds is 6. The molecule has 0 fully saturated rings. The molecule has 0 bridgehead atoms. The monoisotopic (exact) mass is 273 g/mol. The van der Waals surface area contributed by atoms with Gasteiger partial charge in [0.15, 0.2) is 0 Å². The van der Waals surface area contributed by atoms with E-state index >= 15 is 0 Å². The van der Waals surface area contributed by atoms with Crippen molar-refractivity contribution in [1.82, 2.24) is 4.98 Å². The van der Waals surface area contributed by atoms with Gasteiger partial charge in [0, 0.05) is 13.1 Å². The summed E-state index contributed by atoms with van der Waals surface area (Å²) in [5.41, 5.74) is 1.54. The number of hydrogen-bond acceptors (Lipinski definition) is 3.